The van der Waals surface area contributed by atoms with Crippen LogP contribution in [0.1, 0.15) is 138 Å². The molecule has 2 saturated heterocycles. The Bertz CT molecular complexity index is 591. The summed E-state index contributed by atoms with van der Waals surface area (Å²) in [5.74, 6) is 1.86. The van der Waals surface area contributed by atoms with Gasteiger partial charge in [-0.1, -0.05) is 67.7 Å². The molecule has 3 heteroatoms. The molecule has 0 aromatic carbocycles. The van der Waals surface area contributed by atoms with Gasteiger partial charge in [0.15, 0.2) is 0 Å². The van der Waals surface area contributed by atoms with Crippen LogP contribution in [0.4, 0.5) is 0 Å². The molecule has 2 saturated carbocycles. The highest BCUT2D eigenvalue weighted by Crippen LogP contribution is 2.43. The van der Waals surface area contributed by atoms with Gasteiger partial charge in [-0.15, -0.1) is 0 Å². The zero-order valence-corrected chi connectivity index (χ0v) is 23.7. The van der Waals surface area contributed by atoms with E-state index in [1.54, 1.807) is 0 Å². The van der Waals surface area contributed by atoms with Crippen molar-refractivity contribution in [2.45, 2.75) is 151 Å². The molecule has 4 aliphatic rings. The monoisotopic (exact) mass is 476 g/mol. The van der Waals surface area contributed by atoms with Gasteiger partial charge in [0, 0.05) is 17.8 Å². The van der Waals surface area contributed by atoms with Crippen LogP contribution in [-0.4, -0.2) is 24.3 Å². The normalized spacial score (nSPS) is 33.3. The van der Waals surface area contributed by atoms with Crippen molar-refractivity contribution in [3.8, 4) is 0 Å². The lowest BCUT2D eigenvalue weighted by Crippen LogP contribution is -2.34. The molecule has 2 bridgehead atoms. The van der Waals surface area contributed by atoms with Crippen molar-refractivity contribution < 1.29 is 14.3 Å². The van der Waals surface area contributed by atoms with Gasteiger partial charge in [0.25, 0.3) is 0 Å². The second-order valence-corrected chi connectivity index (χ2v) is 13.5. The number of ether oxygens (including phenoxy) is 1. The Kier molecular flexibility index (Phi) is 11.8. The average Bonchev–Trinajstić information content (AvgIpc) is 3.50. The van der Waals surface area contributed by atoms with Crippen molar-refractivity contribution in [3.63, 3.8) is 0 Å². The lowest BCUT2D eigenvalue weighted by molar-refractivity contribution is -0.130. The van der Waals surface area contributed by atoms with E-state index in [9.17, 15) is 9.59 Å². The molecule has 3 nitrogen and oxygen atoms in total. The number of hydrogen-bond acceptors (Lipinski definition) is 3. The molecule has 198 valence electrons. The maximum absolute atomic E-state index is 12.7. The fourth-order valence-corrected chi connectivity index (χ4v) is 5.97. The van der Waals surface area contributed by atoms with Gasteiger partial charge in [0.05, 0.1) is 12.2 Å². The minimum atomic E-state index is 0.142. The van der Waals surface area contributed by atoms with Crippen molar-refractivity contribution in [2.24, 2.45) is 34.5 Å². The van der Waals surface area contributed by atoms with Crippen molar-refractivity contribution in [1.82, 2.24) is 0 Å². The lowest BCUT2D eigenvalue weighted by Gasteiger charge is -2.39. The molecular formula is C31H56O3. The summed E-state index contributed by atoms with van der Waals surface area (Å²) in [4.78, 5) is 23.7. The van der Waals surface area contributed by atoms with Crippen molar-refractivity contribution >= 4 is 12.1 Å². The second-order valence-electron chi connectivity index (χ2n) is 13.5. The Hall–Kier alpha value is -0.700. The first-order valence-electron chi connectivity index (χ1n) is 14.6. The van der Waals surface area contributed by atoms with Gasteiger partial charge in [0.1, 0.15) is 12.1 Å². The van der Waals surface area contributed by atoms with E-state index in [4.69, 9.17) is 4.74 Å². The third-order valence-corrected chi connectivity index (χ3v) is 9.52. The van der Waals surface area contributed by atoms with E-state index >= 15 is 0 Å². The van der Waals surface area contributed by atoms with Crippen LogP contribution >= 0.6 is 0 Å². The van der Waals surface area contributed by atoms with E-state index in [1.807, 2.05) is 0 Å². The Morgan fingerprint density at radius 3 is 1.68 bits per heavy atom. The standard InChI is InChI=1S/C19H32O2.C6H10O.C6H14/c1-4-19(2,3)17-10-8-15(9-11-17)18(21)16-7-5-6-14(12-16)13-20;1-2-6-4-3-5(1)7-6;1-5-6(2,3)4/h13-17H,4-12H2,1-3H3;5-6H,1-4H2;5H2,1-4H3. The molecule has 4 fully saturated rings. The summed E-state index contributed by atoms with van der Waals surface area (Å²) in [5, 5.41) is 0. The fraction of sp³-hybridized carbons (Fsp3) is 0.935. The summed E-state index contributed by atoms with van der Waals surface area (Å²) >= 11 is 0. The molecule has 0 spiro atoms. The fourth-order valence-electron chi connectivity index (χ4n) is 5.97. The third kappa shape index (κ3) is 9.40. The van der Waals surface area contributed by atoms with E-state index in [-0.39, 0.29) is 17.8 Å². The summed E-state index contributed by atoms with van der Waals surface area (Å²) in [5.41, 5.74) is 0.960. The van der Waals surface area contributed by atoms with Gasteiger partial charge in [-0.05, 0) is 87.4 Å². The number of hydrogen-bond donors (Lipinski definition) is 0. The molecule has 2 aliphatic carbocycles. The SMILES string of the molecule is C1CC2CCC1O2.CCC(C)(C)C.CCC(C)(C)C1CCC(C(=O)C2CCCC(C=O)C2)CC1. The van der Waals surface area contributed by atoms with E-state index in [0.717, 1.165) is 50.7 Å². The topological polar surface area (TPSA) is 43.4 Å². The number of ketones is 1. The summed E-state index contributed by atoms with van der Waals surface area (Å²) in [6, 6.07) is 0. The maximum atomic E-state index is 12.7. The van der Waals surface area contributed by atoms with Crippen molar-refractivity contribution in [3.05, 3.63) is 0 Å². The van der Waals surface area contributed by atoms with Gasteiger partial charge in [-0.2, -0.15) is 0 Å². The molecule has 0 radical (unpaired) electrons. The van der Waals surface area contributed by atoms with Crippen molar-refractivity contribution in [1.29, 1.82) is 0 Å². The van der Waals surface area contributed by atoms with Gasteiger partial charge < -0.3 is 9.53 Å². The van der Waals surface area contributed by atoms with Gasteiger partial charge in [0.2, 0.25) is 0 Å². The predicted octanol–water partition coefficient (Wildman–Crippen LogP) is 8.57. The minimum Gasteiger partial charge on any atom is -0.375 e. The average molecular weight is 477 g/mol. The molecule has 0 amide bonds. The molecular weight excluding hydrogens is 420 g/mol. The van der Waals surface area contributed by atoms with Crippen LogP contribution < -0.4 is 0 Å². The third-order valence-electron chi connectivity index (χ3n) is 9.52. The van der Waals surface area contributed by atoms with E-state index in [1.165, 1.54) is 51.4 Å². The smallest absolute Gasteiger partial charge is 0.139 e. The van der Waals surface area contributed by atoms with Crippen molar-refractivity contribution in [2.75, 3.05) is 0 Å². The zero-order valence-electron chi connectivity index (χ0n) is 23.7. The largest absolute Gasteiger partial charge is 0.375 e. The molecule has 0 N–H and O–H groups in total. The number of fused-ring (bicyclic) bond motifs is 2. The quantitative estimate of drug-likeness (QED) is 0.373. The summed E-state index contributed by atoms with van der Waals surface area (Å²) in [7, 11) is 0. The molecule has 0 aromatic rings. The number of rotatable bonds is 5. The maximum Gasteiger partial charge on any atom is 0.139 e. The first-order chi connectivity index (χ1) is 16.0. The minimum absolute atomic E-state index is 0.142. The van der Waals surface area contributed by atoms with Crippen LogP contribution in [-0.2, 0) is 14.3 Å². The Labute approximate surface area is 211 Å². The summed E-state index contributed by atoms with van der Waals surface area (Å²) in [6.45, 7) is 16.0. The second kappa shape index (κ2) is 13.6. The highest BCUT2D eigenvalue weighted by Gasteiger charge is 2.37. The van der Waals surface area contributed by atoms with E-state index in [0.29, 0.717) is 28.8 Å². The highest BCUT2D eigenvalue weighted by atomic mass is 16.5. The lowest BCUT2D eigenvalue weighted by atomic mass is 9.65. The summed E-state index contributed by atoms with van der Waals surface area (Å²) < 4.78 is 5.47. The Morgan fingerprint density at radius 2 is 1.29 bits per heavy atom. The first-order valence-corrected chi connectivity index (χ1v) is 14.6. The summed E-state index contributed by atoms with van der Waals surface area (Å²) in [6.07, 6.45) is 18.7. The van der Waals surface area contributed by atoms with Crippen LogP contribution in [0.25, 0.3) is 0 Å². The highest BCUT2D eigenvalue weighted by molar-refractivity contribution is 5.84. The molecule has 2 unspecified atom stereocenters. The number of Topliss-reactive ketones (excluding diaryl/α,β-unsaturated/α-hetero) is 1. The molecule has 34 heavy (non-hydrogen) atoms. The number of carbonyl (C=O) groups excluding carboxylic acids is 2. The van der Waals surface area contributed by atoms with Crippen LogP contribution in [0, 0.1) is 34.5 Å². The van der Waals surface area contributed by atoms with Gasteiger partial charge in [-0.25, -0.2) is 0 Å². The molecule has 4 rings (SSSR count). The van der Waals surface area contributed by atoms with Gasteiger partial charge in [-0.3, -0.25) is 4.79 Å². The molecule has 2 heterocycles. The Morgan fingerprint density at radius 1 is 0.765 bits per heavy atom. The number of carbonyl (C=O) groups is 2. The predicted molar refractivity (Wildman–Crippen MR) is 143 cm³/mol. The van der Waals surface area contributed by atoms with Crippen LogP contribution in [0.3, 0.4) is 0 Å². The molecule has 2 atom stereocenters. The molecule has 2 aliphatic heterocycles. The van der Waals surface area contributed by atoms with Gasteiger partial charge >= 0.3 is 0 Å². The van der Waals surface area contributed by atoms with E-state index in [2.05, 4.69) is 48.5 Å². The first kappa shape index (κ1) is 29.5. The van der Waals surface area contributed by atoms with Crippen LogP contribution in [0.5, 0.6) is 0 Å². The molecule has 0 aromatic heterocycles. The zero-order chi connectivity index (χ0) is 25.4. The number of aldehydes is 1. The van der Waals surface area contributed by atoms with Crippen LogP contribution in [0.2, 0.25) is 0 Å². The Balaban J connectivity index is 0.000000253. The van der Waals surface area contributed by atoms with E-state index < -0.39 is 0 Å². The van der Waals surface area contributed by atoms with Crippen LogP contribution in [0.15, 0.2) is 0 Å².